The van der Waals surface area contributed by atoms with E-state index < -0.39 is 0 Å². The van der Waals surface area contributed by atoms with Crippen LogP contribution in [0.1, 0.15) is 29.5 Å². The van der Waals surface area contributed by atoms with E-state index in [-0.39, 0.29) is 5.91 Å². The maximum atomic E-state index is 12.1. The van der Waals surface area contributed by atoms with Gasteiger partial charge in [0, 0.05) is 25.9 Å². The van der Waals surface area contributed by atoms with E-state index in [0.29, 0.717) is 19.4 Å². The fourth-order valence-corrected chi connectivity index (χ4v) is 3.99. The molecule has 1 amide bonds. The summed E-state index contributed by atoms with van der Waals surface area (Å²) in [6.07, 6.45) is 1.91. The molecule has 4 rings (SSSR count). The molecule has 27 heavy (non-hydrogen) atoms. The molecule has 8 nitrogen and oxygen atoms in total. The van der Waals surface area contributed by atoms with Crippen molar-refractivity contribution in [2.75, 3.05) is 6.54 Å². The average molecular weight is 383 g/mol. The summed E-state index contributed by atoms with van der Waals surface area (Å²) in [6, 6.07) is 8.12. The number of amides is 1. The van der Waals surface area contributed by atoms with E-state index >= 15 is 0 Å². The third-order valence-corrected chi connectivity index (χ3v) is 5.44. The first-order valence-electron chi connectivity index (χ1n) is 8.98. The van der Waals surface area contributed by atoms with Crippen LogP contribution < -0.4 is 5.32 Å². The number of para-hydroxylation sites is 2. The third-order valence-electron chi connectivity index (χ3n) is 4.48. The maximum absolute atomic E-state index is 12.1. The summed E-state index contributed by atoms with van der Waals surface area (Å²) in [4.78, 5) is 17.4. The number of aryl methyl sites for hydroxylation is 4. The summed E-state index contributed by atoms with van der Waals surface area (Å²) in [6.45, 7) is 5.36. The molecule has 4 aromatic rings. The van der Waals surface area contributed by atoms with Gasteiger partial charge >= 0.3 is 0 Å². The lowest BCUT2D eigenvalue weighted by Crippen LogP contribution is -2.25. The second-order valence-corrected chi connectivity index (χ2v) is 7.48. The van der Waals surface area contributed by atoms with E-state index in [4.69, 9.17) is 0 Å². The Morgan fingerprint density at radius 1 is 1.19 bits per heavy atom. The second-order valence-electron chi connectivity index (χ2n) is 6.44. The number of rotatable bonds is 7. The van der Waals surface area contributed by atoms with Crippen molar-refractivity contribution in [3.05, 3.63) is 40.9 Å². The number of imidazole rings is 1. The summed E-state index contributed by atoms with van der Waals surface area (Å²) in [7, 11) is 0. The minimum atomic E-state index is 0.0462. The van der Waals surface area contributed by atoms with Crippen LogP contribution in [-0.4, -0.2) is 41.8 Å². The number of carbonyl (C=O) groups excluding carboxylic acids is 1. The van der Waals surface area contributed by atoms with Crippen LogP contribution in [0.3, 0.4) is 0 Å². The Kier molecular flexibility index (Phi) is 4.85. The van der Waals surface area contributed by atoms with Crippen LogP contribution >= 0.6 is 11.3 Å². The summed E-state index contributed by atoms with van der Waals surface area (Å²) in [5, 5.41) is 16.3. The van der Waals surface area contributed by atoms with Crippen LogP contribution in [0, 0.1) is 13.8 Å². The summed E-state index contributed by atoms with van der Waals surface area (Å²) in [5.74, 6) is 1.81. The largest absolute Gasteiger partial charge is 0.356 e. The monoisotopic (exact) mass is 383 g/mol. The Labute approximate surface area is 160 Å². The zero-order valence-corrected chi connectivity index (χ0v) is 16.2. The third kappa shape index (κ3) is 3.68. The van der Waals surface area contributed by atoms with Gasteiger partial charge in [0.05, 0.1) is 11.0 Å². The maximum Gasteiger partial charge on any atom is 0.234 e. The van der Waals surface area contributed by atoms with Gasteiger partial charge in [-0.05, 0) is 32.4 Å². The van der Waals surface area contributed by atoms with E-state index in [1.807, 2.05) is 32.0 Å². The van der Waals surface area contributed by atoms with Gasteiger partial charge < -0.3 is 9.88 Å². The van der Waals surface area contributed by atoms with Gasteiger partial charge in [-0.1, -0.05) is 23.5 Å². The Hall–Kier alpha value is -2.81. The number of nitrogens with zero attached hydrogens (tertiary/aromatic N) is 6. The number of carbonyl (C=O) groups is 1. The van der Waals surface area contributed by atoms with E-state index in [1.54, 1.807) is 4.52 Å². The molecule has 0 unspecified atom stereocenters. The van der Waals surface area contributed by atoms with Crippen LogP contribution in [0.25, 0.3) is 16.0 Å². The molecule has 0 radical (unpaired) electrons. The summed E-state index contributed by atoms with van der Waals surface area (Å²) >= 11 is 1.48. The normalized spacial score (nSPS) is 11.5. The van der Waals surface area contributed by atoms with Gasteiger partial charge in [0.25, 0.3) is 0 Å². The number of hydrogen-bond donors (Lipinski definition) is 1. The van der Waals surface area contributed by atoms with Gasteiger partial charge in [-0.25, -0.2) is 4.98 Å². The molecule has 0 aliphatic carbocycles. The van der Waals surface area contributed by atoms with E-state index in [0.717, 1.165) is 45.6 Å². The molecular formula is C18H21N7OS. The molecule has 140 valence electrons. The van der Waals surface area contributed by atoms with Gasteiger partial charge in [-0.15, -0.1) is 10.2 Å². The van der Waals surface area contributed by atoms with E-state index in [1.165, 1.54) is 11.3 Å². The lowest BCUT2D eigenvalue weighted by atomic mass is 10.3. The van der Waals surface area contributed by atoms with Crippen LogP contribution in [0.4, 0.5) is 0 Å². The fourth-order valence-electron chi connectivity index (χ4n) is 3.11. The first kappa shape index (κ1) is 17.6. The topological polar surface area (TPSA) is 90.0 Å². The van der Waals surface area contributed by atoms with Gasteiger partial charge in [0.2, 0.25) is 10.9 Å². The standard InChI is InChI=1S/C18H21N7OS/c1-12-20-14-6-3-4-7-15(14)24(12)11-5-10-19-16(26)8-9-17-23-25-13(2)21-22-18(25)27-17/h3-4,6-7H,5,8-11H2,1-2H3,(H,19,26). The molecule has 0 aliphatic rings. The zero-order chi connectivity index (χ0) is 18.8. The van der Waals surface area contributed by atoms with E-state index in [2.05, 4.69) is 36.2 Å². The summed E-state index contributed by atoms with van der Waals surface area (Å²) in [5.41, 5.74) is 2.15. The highest BCUT2D eigenvalue weighted by molar-refractivity contribution is 7.16. The molecule has 9 heteroatoms. The van der Waals surface area contributed by atoms with Gasteiger partial charge in [-0.2, -0.15) is 9.61 Å². The molecular weight excluding hydrogens is 362 g/mol. The van der Waals surface area contributed by atoms with E-state index in [9.17, 15) is 4.79 Å². The lowest BCUT2D eigenvalue weighted by molar-refractivity contribution is -0.121. The zero-order valence-electron chi connectivity index (χ0n) is 15.3. The smallest absolute Gasteiger partial charge is 0.234 e. The Balaban J connectivity index is 1.24. The van der Waals surface area contributed by atoms with Crippen molar-refractivity contribution in [3.8, 4) is 0 Å². The van der Waals surface area contributed by atoms with Gasteiger partial charge in [0.1, 0.15) is 10.8 Å². The van der Waals surface area contributed by atoms with Crippen LogP contribution in [-0.2, 0) is 17.8 Å². The highest BCUT2D eigenvalue weighted by Crippen LogP contribution is 2.16. The molecule has 0 bridgehead atoms. The molecule has 3 heterocycles. The fraction of sp³-hybridized carbons (Fsp3) is 0.389. The van der Waals surface area contributed by atoms with Gasteiger partial charge in [0.15, 0.2) is 5.82 Å². The summed E-state index contributed by atoms with van der Waals surface area (Å²) < 4.78 is 3.92. The SMILES string of the molecule is Cc1nc2ccccc2n1CCCNC(=O)CCc1nn2c(C)nnc2s1. The number of fused-ring (bicyclic) bond motifs is 2. The first-order chi connectivity index (χ1) is 13.1. The average Bonchev–Trinajstić information content (AvgIpc) is 3.31. The molecule has 0 saturated carbocycles. The predicted octanol–water partition coefficient (Wildman–Crippen LogP) is 2.29. The van der Waals surface area contributed by atoms with Crippen LogP contribution in [0.5, 0.6) is 0 Å². The number of nitrogens with one attached hydrogen (secondary N) is 1. The quantitative estimate of drug-likeness (QED) is 0.495. The Bertz CT molecular complexity index is 1090. The molecule has 0 aliphatic heterocycles. The predicted molar refractivity (Wildman–Crippen MR) is 104 cm³/mol. The van der Waals surface area contributed by atoms with Crippen molar-refractivity contribution in [1.29, 1.82) is 0 Å². The number of aromatic nitrogens is 6. The number of hydrogen-bond acceptors (Lipinski definition) is 6. The van der Waals surface area contributed by atoms with Crippen molar-refractivity contribution in [3.63, 3.8) is 0 Å². The molecule has 0 atom stereocenters. The van der Waals surface area contributed by atoms with Crippen molar-refractivity contribution >= 4 is 33.2 Å². The van der Waals surface area contributed by atoms with Crippen molar-refractivity contribution in [2.24, 2.45) is 0 Å². The van der Waals surface area contributed by atoms with Crippen molar-refractivity contribution in [2.45, 2.75) is 39.7 Å². The molecule has 0 spiro atoms. The molecule has 1 aromatic carbocycles. The minimum Gasteiger partial charge on any atom is -0.356 e. The van der Waals surface area contributed by atoms with Gasteiger partial charge in [-0.3, -0.25) is 4.79 Å². The lowest BCUT2D eigenvalue weighted by Gasteiger charge is -2.08. The molecule has 0 fully saturated rings. The van der Waals surface area contributed by atoms with Crippen molar-refractivity contribution in [1.82, 2.24) is 34.7 Å². The highest BCUT2D eigenvalue weighted by atomic mass is 32.1. The number of benzene rings is 1. The molecule has 3 aromatic heterocycles. The second kappa shape index (κ2) is 7.43. The molecule has 0 saturated heterocycles. The Morgan fingerprint density at radius 3 is 2.89 bits per heavy atom. The minimum absolute atomic E-state index is 0.0462. The first-order valence-corrected chi connectivity index (χ1v) is 9.80. The molecule has 1 N–H and O–H groups in total. The highest BCUT2D eigenvalue weighted by Gasteiger charge is 2.11. The Morgan fingerprint density at radius 2 is 2.04 bits per heavy atom. The van der Waals surface area contributed by atoms with Crippen LogP contribution in [0.15, 0.2) is 24.3 Å². The van der Waals surface area contributed by atoms with Crippen molar-refractivity contribution < 1.29 is 4.79 Å². The van der Waals surface area contributed by atoms with Crippen LogP contribution in [0.2, 0.25) is 0 Å².